The Morgan fingerprint density at radius 1 is 1.02 bits per heavy atom. The number of hydrogen-bond acceptors (Lipinski definition) is 5. The number of rotatable bonds is 10. The van der Waals surface area contributed by atoms with E-state index < -0.39 is 50.6 Å². The third-order valence-corrected chi connectivity index (χ3v) is 8.81. The maximum absolute atomic E-state index is 13.9. The Morgan fingerprint density at radius 2 is 1.74 bits per heavy atom. The minimum absolute atomic E-state index is 0.0519. The predicted octanol–water partition coefficient (Wildman–Crippen LogP) is 7.41. The summed E-state index contributed by atoms with van der Waals surface area (Å²) in [5, 5.41) is 9.14. The van der Waals surface area contributed by atoms with E-state index in [1.807, 2.05) is 6.92 Å². The molecule has 0 spiro atoms. The van der Waals surface area contributed by atoms with Gasteiger partial charge in [0.05, 0.1) is 28.4 Å². The number of carboxylic acid groups (broad SMARTS) is 1. The number of anilines is 1. The molecule has 0 fully saturated rings. The van der Waals surface area contributed by atoms with E-state index >= 15 is 0 Å². The maximum atomic E-state index is 13.9. The number of pyridine rings is 1. The molecule has 0 saturated carbocycles. The Bertz CT molecular complexity index is 1580. The van der Waals surface area contributed by atoms with E-state index in [4.69, 9.17) is 9.84 Å². The van der Waals surface area contributed by atoms with Crippen LogP contribution in [0.3, 0.4) is 0 Å². The molecule has 7 nitrogen and oxygen atoms in total. The summed E-state index contributed by atoms with van der Waals surface area (Å²) in [5.41, 5.74) is -2.38. The van der Waals surface area contributed by atoms with E-state index in [2.05, 4.69) is 4.98 Å². The Labute approximate surface area is 244 Å². The first-order chi connectivity index (χ1) is 20.1. The molecule has 0 aliphatic carbocycles. The Hall–Kier alpha value is -3.81. The average molecular weight is 631 g/mol. The van der Waals surface area contributed by atoms with Crippen molar-refractivity contribution in [2.75, 3.05) is 10.8 Å². The zero-order valence-electron chi connectivity index (χ0n) is 22.8. The molecule has 1 N–H and O–H groups in total. The lowest BCUT2D eigenvalue weighted by Gasteiger charge is -2.37. The maximum Gasteiger partial charge on any atom is 0.433 e. The number of aliphatic carboxylic acids is 1. The molecule has 2 aromatic carbocycles. The number of nitrogens with zero attached hydrogens (tertiary/aromatic N) is 2. The molecule has 0 bridgehead atoms. The largest absolute Gasteiger partial charge is 0.486 e. The van der Waals surface area contributed by atoms with Gasteiger partial charge in [-0.3, -0.25) is 9.10 Å². The van der Waals surface area contributed by atoms with E-state index in [0.29, 0.717) is 18.9 Å². The van der Waals surface area contributed by atoms with Crippen LogP contribution in [-0.2, 0) is 27.2 Å². The lowest BCUT2D eigenvalue weighted by molar-refractivity contribution is -0.141. The van der Waals surface area contributed by atoms with Gasteiger partial charge in [-0.25, -0.2) is 13.4 Å². The normalized spacial score (nSPS) is 16.3. The van der Waals surface area contributed by atoms with Gasteiger partial charge in [-0.1, -0.05) is 31.9 Å². The van der Waals surface area contributed by atoms with Crippen molar-refractivity contribution in [3.63, 3.8) is 0 Å². The molecule has 232 valence electrons. The van der Waals surface area contributed by atoms with Crippen molar-refractivity contribution < 1.29 is 49.4 Å². The van der Waals surface area contributed by atoms with Gasteiger partial charge in [-0.05, 0) is 67.3 Å². The van der Waals surface area contributed by atoms with Crippen LogP contribution in [0.1, 0.15) is 50.3 Å². The van der Waals surface area contributed by atoms with Crippen molar-refractivity contribution in [1.82, 2.24) is 4.98 Å². The highest BCUT2D eigenvalue weighted by Gasteiger charge is 2.38. The van der Waals surface area contributed by atoms with E-state index in [1.165, 1.54) is 24.3 Å². The van der Waals surface area contributed by atoms with Gasteiger partial charge in [0.25, 0.3) is 10.0 Å². The zero-order valence-corrected chi connectivity index (χ0v) is 23.6. The van der Waals surface area contributed by atoms with Crippen LogP contribution < -0.4 is 9.04 Å². The van der Waals surface area contributed by atoms with Crippen LogP contribution in [0.2, 0.25) is 0 Å². The van der Waals surface area contributed by atoms with Gasteiger partial charge in [0.2, 0.25) is 0 Å². The van der Waals surface area contributed by atoms with Gasteiger partial charge in [-0.15, -0.1) is 0 Å². The van der Waals surface area contributed by atoms with Crippen molar-refractivity contribution >= 4 is 21.7 Å². The van der Waals surface area contributed by atoms with Gasteiger partial charge < -0.3 is 9.84 Å². The highest BCUT2D eigenvalue weighted by molar-refractivity contribution is 7.92. The van der Waals surface area contributed by atoms with Crippen molar-refractivity contribution in [1.29, 1.82) is 0 Å². The molecule has 2 atom stereocenters. The minimum atomic E-state index is -4.81. The van der Waals surface area contributed by atoms with Gasteiger partial charge >= 0.3 is 18.3 Å². The molecule has 1 aliphatic heterocycles. The SMILES string of the molecule is CCCC(CCC(=O)O)C[C@H]1CN(S(=O)(=O)c2cccc(C(F)(F)F)c2)c2cc(-c3cccc(C(F)(F)F)n3)ccc2O1. The molecule has 3 aromatic rings. The number of aromatic nitrogens is 1. The van der Waals surface area contributed by atoms with Crippen molar-refractivity contribution in [3.8, 4) is 17.0 Å². The zero-order chi connectivity index (χ0) is 31.6. The number of carboxylic acids is 1. The van der Waals surface area contributed by atoms with Crippen LogP contribution in [0.25, 0.3) is 11.3 Å². The Morgan fingerprint density at radius 3 is 2.40 bits per heavy atom. The number of halogens is 6. The molecule has 1 aliphatic rings. The summed E-state index contributed by atoms with van der Waals surface area (Å²) in [6.45, 7) is 1.59. The summed E-state index contributed by atoms with van der Waals surface area (Å²) in [6, 6.07) is 10.6. The van der Waals surface area contributed by atoms with Crippen LogP contribution >= 0.6 is 0 Å². The monoisotopic (exact) mass is 630 g/mol. The third-order valence-electron chi connectivity index (χ3n) is 7.03. The second-order valence-electron chi connectivity index (χ2n) is 10.2. The fourth-order valence-corrected chi connectivity index (χ4v) is 6.57. The van der Waals surface area contributed by atoms with Gasteiger partial charge in [-0.2, -0.15) is 26.3 Å². The smallest absolute Gasteiger partial charge is 0.433 e. The number of carbonyl (C=O) groups is 1. The lowest BCUT2D eigenvalue weighted by Crippen LogP contribution is -2.44. The molecule has 1 aromatic heterocycles. The van der Waals surface area contributed by atoms with Crippen LogP contribution in [0.4, 0.5) is 32.0 Å². The van der Waals surface area contributed by atoms with E-state index in [0.717, 1.165) is 41.1 Å². The van der Waals surface area contributed by atoms with Crippen LogP contribution in [0.5, 0.6) is 5.75 Å². The van der Waals surface area contributed by atoms with E-state index in [-0.39, 0.29) is 48.0 Å². The summed E-state index contributed by atoms with van der Waals surface area (Å²) in [5.74, 6) is -1.07. The van der Waals surface area contributed by atoms with Gasteiger partial charge in [0.1, 0.15) is 17.5 Å². The summed E-state index contributed by atoms with van der Waals surface area (Å²) in [4.78, 5) is 14.2. The molecule has 2 heterocycles. The van der Waals surface area contributed by atoms with Crippen LogP contribution in [0, 0.1) is 5.92 Å². The highest BCUT2D eigenvalue weighted by Crippen LogP contribution is 2.42. The van der Waals surface area contributed by atoms with Crippen molar-refractivity contribution in [2.45, 2.75) is 62.4 Å². The fourth-order valence-electron chi connectivity index (χ4n) is 5.02. The number of alkyl halides is 6. The Balaban J connectivity index is 1.79. The minimum Gasteiger partial charge on any atom is -0.486 e. The molecule has 43 heavy (non-hydrogen) atoms. The first-order valence-corrected chi connectivity index (χ1v) is 14.8. The number of hydrogen-bond donors (Lipinski definition) is 1. The molecule has 0 radical (unpaired) electrons. The fraction of sp³-hybridized carbons (Fsp3) is 0.379. The first-order valence-electron chi connectivity index (χ1n) is 13.4. The van der Waals surface area contributed by atoms with Crippen molar-refractivity contribution in [3.05, 3.63) is 71.9 Å². The lowest BCUT2D eigenvalue weighted by atomic mass is 9.91. The second-order valence-corrected chi connectivity index (χ2v) is 12.1. The van der Waals surface area contributed by atoms with E-state index in [1.54, 1.807) is 0 Å². The van der Waals surface area contributed by atoms with Gasteiger partial charge in [0.15, 0.2) is 0 Å². The highest BCUT2D eigenvalue weighted by atomic mass is 32.2. The summed E-state index contributed by atoms with van der Waals surface area (Å²) < 4.78 is 115. The molecule has 4 rings (SSSR count). The molecule has 14 heteroatoms. The first kappa shape index (κ1) is 32.1. The van der Waals surface area contributed by atoms with E-state index in [9.17, 15) is 39.6 Å². The van der Waals surface area contributed by atoms with Crippen LogP contribution in [0.15, 0.2) is 65.6 Å². The number of benzene rings is 2. The third kappa shape index (κ3) is 7.59. The predicted molar refractivity (Wildman–Crippen MR) is 145 cm³/mol. The number of sulfonamides is 1. The van der Waals surface area contributed by atoms with Crippen LogP contribution in [-0.4, -0.2) is 37.1 Å². The molecular formula is C29H28F6N2O5S. The summed E-state index contributed by atoms with van der Waals surface area (Å²) in [7, 11) is -4.64. The molecule has 0 saturated heterocycles. The summed E-state index contributed by atoms with van der Waals surface area (Å²) in [6.07, 6.45) is -8.47. The number of fused-ring (bicyclic) bond motifs is 1. The second kappa shape index (κ2) is 12.4. The molecule has 1 unspecified atom stereocenters. The quantitative estimate of drug-likeness (QED) is 0.234. The summed E-state index contributed by atoms with van der Waals surface area (Å²) >= 11 is 0. The average Bonchev–Trinajstić information content (AvgIpc) is 2.94. The van der Waals surface area contributed by atoms with Gasteiger partial charge in [0, 0.05) is 12.0 Å². The van der Waals surface area contributed by atoms with Crippen molar-refractivity contribution in [2.24, 2.45) is 5.92 Å². The molecular weight excluding hydrogens is 602 g/mol. The Kier molecular flexibility index (Phi) is 9.28. The standard InChI is InChI=1S/C29H28F6N2O5S/c1-2-5-18(10-13-27(38)39)14-21-17-37(43(40,41)22-7-3-6-20(16-22)28(30,31)32)24-15-19(11-12-25(24)42-21)23-8-4-9-26(36-23)29(33,34)35/h3-4,6-9,11-12,15-16,18,21H,2,5,10,13-14,17H2,1H3,(H,38,39)/t18?,21-/m0/s1. The molecule has 0 amide bonds. The number of ether oxygens (including phenoxy) is 1. The topological polar surface area (TPSA) is 96.8 Å².